The molecule has 1 atom stereocenters. The smallest absolute Gasteiger partial charge is 0.113 e. The van der Waals surface area contributed by atoms with Gasteiger partial charge in [0.2, 0.25) is 0 Å². The summed E-state index contributed by atoms with van der Waals surface area (Å²) in [5.74, 6) is 0.580. The topological polar surface area (TPSA) is 44.3 Å². The van der Waals surface area contributed by atoms with Gasteiger partial charge in [0.25, 0.3) is 0 Å². The van der Waals surface area contributed by atoms with Gasteiger partial charge in [0.05, 0.1) is 11.4 Å². The van der Waals surface area contributed by atoms with E-state index in [1.807, 2.05) is 7.05 Å². The zero-order valence-corrected chi connectivity index (χ0v) is 7.59. The van der Waals surface area contributed by atoms with E-state index in [1.54, 1.807) is 0 Å². The van der Waals surface area contributed by atoms with E-state index in [9.17, 15) is 0 Å². The molecule has 3 nitrogen and oxygen atoms in total. The van der Waals surface area contributed by atoms with Crippen LogP contribution in [0.4, 0.5) is 0 Å². The van der Waals surface area contributed by atoms with E-state index in [0.29, 0.717) is 5.92 Å². The Labute approximate surface area is 73.2 Å². The van der Waals surface area contributed by atoms with Gasteiger partial charge in [-0.15, -0.1) is 0 Å². The van der Waals surface area contributed by atoms with Gasteiger partial charge in [-0.2, -0.15) is 0 Å². The van der Waals surface area contributed by atoms with Gasteiger partial charge < -0.3 is 15.7 Å². The second-order valence-electron chi connectivity index (χ2n) is 3.00. The number of nitrogens with one attached hydrogen (secondary N) is 2. The van der Waals surface area contributed by atoms with E-state index in [4.69, 9.17) is 5.11 Å². The van der Waals surface area contributed by atoms with Crippen molar-refractivity contribution >= 4 is 0 Å². The minimum absolute atomic E-state index is 0.0146. The van der Waals surface area contributed by atoms with Crippen LogP contribution in [-0.4, -0.2) is 18.9 Å². The molecule has 0 aromatic heterocycles. The van der Waals surface area contributed by atoms with Crippen LogP contribution < -0.4 is 10.6 Å². The molecule has 0 amide bonds. The Balaban J connectivity index is 2.67. The van der Waals surface area contributed by atoms with E-state index >= 15 is 0 Å². The molecule has 0 aromatic carbocycles. The predicted octanol–water partition coefficient (Wildman–Crippen LogP) is 0.553. The molecule has 3 heteroatoms. The van der Waals surface area contributed by atoms with Gasteiger partial charge in [0.1, 0.15) is 6.73 Å². The molecule has 1 aliphatic carbocycles. The molecule has 1 unspecified atom stereocenters. The van der Waals surface area contributed by atoms with Crippen molar-refractivity contribution in [1.82, 2.24) is 10.6 Å². The van der Waals surface area contributed by atoms with Crippen molar-refractivity contribution in [3.63, 3.8) is 0 Å². The first kappa shape index (κ1) is 9.13. The van der Waals surface area contributed by atoms with Gasteiger partial charge in [0.15, 0.2) is 0 Å². The van der Waals surface area contributed by atoms with Crippen molar-refractivity contribution in [3.05, 3.63) is 23.5 Å². The highest BCUT2D eigenvalue weighted by Crippen LogP contribution is 2.18. The number of allylic oxidation sites excluding steroid dienone is 2. The van der Waals surface area contributed by atoms with Crippen LogP contribution in [0.15, 0.2) is 23.5 Å². The number of likely N-dealkylation sites (N-methyl/N-ethyl adjacent to an activating group) is 1. The van der Waals surface area contributed by atoms with Gasteiger partial charge >= 0.3 is 0 Å². The monoisotopic (exact) mass is 168 g/mol. The molecular weight excluding hydrogens is 152 g/mol. The fourth-order valence-electron chi connectivity index (χ4n) is 1.33. The maximum atomic E-state index is 8.69. The molecule has 0 heterocycles. The summed E-state index contributed by atoms with van der Waals surface area (Å²) in [4.78, 5) is 0. The summed E-state index contributed by atoms with van der Waals surface area (Å²) in [6, 6.07) is 0. The number of hydrogen-bond donors (Lipinski definition) is 3. The zero-order valence-electron chi connectivity index (χ0n) is 7.59. The Kier molecular flexibility index (Phi) is 3.17. The van der Waals surface area contributed by atoms with Crippen molar-refractivity contribution in [3.8, 4) is 0 Å². The summed E-state index contributed by atoms with van der Waals surface area (Å²) in [7, 11) is 1.89. The molecule has 0 radical (unpaired) electrons. The summed E-state index contributed by atoms with van der Waals surface area (Å²) in [6.45, 7) is 2.16. The van der Waals surface area contributed by atoms with Crippen LogP contribution in [0.25, 0.3) is 0 Å². The number of hydrogen-bond acceptors (Lipinski definition) is 3. The molecular formula is C9H16N2O. The molecule has 0 saturated heterocycles. The van der Waals surface area contributed by atoms with Crippen LogP contribution in [-0.2, 0) is 0 Å². The lowest BCUT2D eigenvalue weighted by Crippen LogP contribution is -2.24. The Morgan fingerprint density at radius 2 is 2.33 bits per heavy atom. The Morgan fingerprint density at radius 3 is 2.92 bits per heavy atom. The first-order valence-corrected chi connectivity index (χ1v) is 4.22. The average Bonchev–Trinajstić information content (AvgIpc) is 2.08. The molecule has 0 bridgehead atoms. The highest BCUT2D eigenvalue weighted by molar-refractivity contribution is 5.31. The van der Waals surface area contributed by atoms with Crippen LogP contribution in [0.1, 0.15) is 13.3 Å². The lowest BCUT2D eigenvalue weighted by atomic mass is 9.99. The van der Waals surface area contributed by atoms with Gasteiger partial charge in [-0.25, -0.2) is 0 Å². The van der Waals surface area contributed by atoms with Crippen molar-refractivity contribution in [2.75, 3.05) is 13.8 Å². The van der Waals surface area contributed by atoms with E-state index < -0.39 is 0 Å². The Bertz CT molecular complexity index is 209. The fraction of sp³-hybridized carbons (Fsp3) is 0.556. The lowest BCUT2D eigenvalue weighted by molar-refractivity contribution is 0.274. The second-order valence-corrected chi connectivity index (χ2v) is 3.00. The lowest BCUT2D eigenvalue weighted by Gasteiger charge is -2.19. The molecule has 3 N–H and O–H groups in total. The molecule has 0 saturated carbocycles. The molecule has 0 spiro atoms. The van der Waals surface area contributed by atoms with Crippen molar-refractivity contribution in [2.45, 2.75) is 13.3 Å². The third-order valence-electron chi connectivity index (χ3n) is 1.97. The summed E-state index contributed by atoms with van der Waals surface area (Å²) >= 11 is 0. The first-order chi connectivity index (χ1) is 5.77. The summed E-state index contributed by atoms with van der Waals surface area (Å²) in [5.41, 5.74) is 2.07. The van der Waals surface area contributed by atoms with Gasteiger partial charge in [-0.1, -0.05) is 19.1 Å². The molecule has 12 heavy (non-hydrogen) atoms. The predicted molar refractivity (Wildman–Crippen MR) is 49.2 cm³/mol. The van der Waals surface area contributed by atoms with Crippen LogP contribution in [0.5, 0.6) is 0 Å². The van der Waals surface area contributed by atoms with Crippen molar-refractivity contribution in [1.29, 1.82) is 0 Å². The molecule has 68 valence electrons. The number of aliphatic hydroxyl groups excluding tert-OH is 1. The maximum Gasteiger partial charge on any atom is 0.113 e. The molecule has 0 aromatic rings. The Morgan fingerprint density at radius 1 is 1.58 bits per heavy atom. The Hall–Kier alpha value is -0.960. The minimum atomic E-state index is -0.0146. The zero-order chi connectivity index (χ0) is 8.97. The number of rotatable bonds is 3. The van der Waals surface area contributed by atoms with Crippen LogP contribution in [0, 0.1) is 5.92 Å². The van der Waals surface area contributed by atoms with E-state index in [2.05, 4.69) is 29.7 Å². The van der Waals surface area contributed by atoms with Crippen molar-refractivity contribution < 1.29 is 5.11 Å². The van der Waals surface area contributed by atoms with Crippen LogP contribution in [0.2, 0.25) is 0 Å². The fourth-order valence-corrected chi connectivity index (χ4v) is 1.33. The number of aliphatic hydroxyl groups is 1. The molecule has 0 aliphatic heterocycles. The first-order valence-electron chi connectivity index (χ1n) is 4.22. The third kappa shape index (κ3) is 2.01. The summed E-state index contributed by atoms with van der Waals surface area (Å²) in [6.07, 6.45) is 5.30. The quantitative estimate of drug-likeness (QED) is 0.539. The normalized spacial score (nSPS) is 22.8. The van der Waals surface area contributed by atoms with Crippen LogP contribution >= 0.6 is 0 Å². The van der Waals surface area contributed by atoms with Gasteiger partial charge in [-0.05, 0) is 12.3 Å². The molecule has 1 aliphatic rings. The summed E-state index contributed by atoms with van der Waals surface area (Å²) < 4.78 is 0. The van der Waals surface area contributed by atoms with E-state index in [0.717, 1.165) is 17.8 Å². The van der Waals surface area contributed by atoms with Gasteiger partial charge in [0, 0.05) is 7.05 Å². The largest absolute Gasteiger partial charge is 0.387 e. The second kappa shape index (κ2) is 4.16. The maximum absolute atomic E-state index is 8.69. The van der Waals surface area contributed by atoms with E-state index in [-0.39, 0.29) is 6.73 Å². The SMILES string of the molecule is CNC1=CC(C)CC=C1NCO. The average molecular weight is 168 g/mol. The highest BCUT2D eigenvalue weighted by Gasteiger charge is 2.10. The van der Waals surface area contributed by atoms with Crippen LogP contribution in [0.3, 0.4) is 0 Å². The third-order valence-corrected chi connectivity index (χ3v) is 1.97. The summed E-state index contributed by atoms with van der Waals surface area (Å²) in [5, 5.41) is 14.7. The molecule has 1 rings (SSSR count). The van der Waals surface area contributed by atoms with Crippen molar-refractivity contribution in [2.24, 2.45) is 5.92 Å². The minimum Gasteiger partial charge on any atom is -0.387 e. The van der Waals surface area contributed by atoms with Gasteiger partial charge in [-0.3, -0.25) is 0 Å². The molecule has 0 fully saturated rings. The van der Waals surface area contributed by atoms with E-state index in [1.165, 1.54) is 0 Å². The highest BCUT2D eigenvalue weighted by atomic mass is 16.3. The standard InChI is InChI=1S/C9H16N2O/c1-7-3-4-8(11-6-12)9(5-7)10-2/h4-5,7,10-12H,3,6H2,1-2H3.